The molecular formula is C21H20F2N4O4. The molecule has 2 aromatic rings. The fourth-order valence-corrected chi connectivity index (χ4v) is 3.71. The molecule has 3 heterocycles. The van der Waals surface area contributed by atoms with E-state index in [1.54, 1.807) is 12.1 Å². The Balaban J connectivity index is 1.88. The van der Waals surface area contributed by atoms with Crippen molar-refractivity contribution in [1.82, 2.24) is 9.99 Å². The first-order valence-electron chi connectivity index (χ1n) is 9.57. The molecule has 1 saturated heterocycles. The van der Waals surface area contributed by atoms with E-state index in [1.807, 2.05) is 0 Å². The average molecular weight is 430 g/mol. The highest BCUT2D eigenvalue weighted by molar-refractivity contribution is 6.11. The summed E-state index contributed by atoms with van der Waals surface area (Å²) in [6.07, 6.45) is 0.790. The van der Waals surface area contributed by atoms with Gasteiger partial charge >= 0.3 is 0 Å². The monoisotopic (exact) mass is 430 g/mol. The number of benzene rings is 1. The van der Waals surface area contributed by atoms with E-state index >= 15 is 0 Å². The van der Waals surface area contributed by atoms with Crippen LogP contribution in [0.4, 0.5) is 14.5 Å². The Bertz CT molecular complexity index is 1000. The number of halogens is 2. The number of rotatable bonds is 5. The molecule has 1 fully saturated rings. The first-order valence-corrected chi connectivity index (χ1v) is 9.57. The van der Waals surface area contributed by atoms with Gasteiger partial charge in [0.05, 0.1) is 30.8 Å². The molecule has 2 amide bonds. The number of primary amides is 1. The molecule has 4 rings (SSSR count). The van der Waals surface area contributed by atoms with Crippen molar-refractivity contribution in [2.24, 2.45) is 11.7 Å². The summed E-state index contributed by atoms with van der Waals surface area (Å²) in [6.45, 7) is 0.173. The van der Waals surface area contributed by atoms with Crippen LogP contribution in [0.25, 0.3) is 5.70 Å². The van der Waals surface area contributed by atoms with E-state index in [1.165, 1.54) is 52.8 Å². The quantitative estimate of drug-likeness (QED) is 0.696. The molecule has 8 nitrogen and oxygen atoms in total. The van der Waals surface area contributed by atoms with Gasteiger partial charge in [0, 0.05) is 11.8 Å². The maximum atomic E-state index is 13.3. The van der Waals surface area contributed by atoms with Crippen LogP contribution in [0, 0.1) is 5.92 Å². The summed E-state index contributed by atoms with van der Waals surface area (Å²) in [5.41, 5.74) is 6.51. The number of aliphatic hydroxyl groups is 1. The fourth-order valence-electron chi connectivity index (χ4n) is 3.71. The zero-order valence-corrected chi connectivity index (χ0v) is 16.3. The minimum Gasteiger partial charge on any atom is -0.388 e. The molecule has 1 aromatic heterocycles. The van der Waals surface area contributed by atoms with Gasteiger partial charge in [-0.05, 0) is 23.8 Å². The maximum Gasteiger partial charge on any atom is 0.263 e. The predicted molar refractivity (Wildman–Crippen MR) is 106 cm³/mol. The normalized spacial score (nSPS) is 23.9. The molecule has 1 unspecified atom stereocenters. The number of nitrogens with two attached hydrogens (primary N) is 1. The van der Waals surface area contributed by atoms with E-state index in [0.29, 0.717) is 16.9 Å². The molecule has 0 saturated carbocycles. The average Bonchev–Trinajstić information content (AvgIpc) is 3.19. The number of amides is 2. The van der Waals surface area contributed by atoms with Gasteiger partial charge in [0.15, 0.2) is 0 Å². The lowest BCUT2D eigenvalue weighted by Gasteiger charge is -2.45. The van der Waals surface area contributed by atoms with Gasteiger partial charge < -0.3 is 15.6 Å². The molecule has 0 aliphatic carbocycles. The summed E-state index contributed by atoms with van der Waals surface area (Å²) in [5, 5.41) is 13.3. The number of hydrogen-bond donors (Lipinski definition) is 2. The third-order valence-corrected chi connectivity index (χ3v) is 5.25. The number of anilines is 1. The van der Waals surface area contributed by atoms with Crippen molar-refractivity contribution < 1.29 is 28.2 Å². The van der Waals surface area contributed by atoms with Crippen LogP contribution in [0.15, 0.2) is 54.9 Å². The standard InChI is InChI=1S/C21H20F2N4O4/c22-19(23)13-5-3-12(4-6-13)16-8-15(20(24)29)21(30)26(14-2-1-7-25-9-14)27(16)17-10-31-11-18(17)28/h1-9,15,17-19,28H,10-11H2,(H2,24,29)/t15?,17-,18+/m1/s1. The Morgan fingerprint density at radius 2 is 1.97 bits per heavy atom. The summed E-state index contributed by atoms with van der Waals surface area (Å²) in [5.74, 6) is -2.77. The Morgan fingerprint density at radius 3 is 2.52 bits per heavy atom. The van der Waals surface area contributed by atoms with Gasteiger partial charge in [-0.1, -0.05) is 24.3 Å². The predicted octanol–water partition coefficient (Wildman–Crippen LogP) is 1.49. The van der Waals surface area contributed by atoms with Crippen LogP contribution in [-0.2, 0) is 14.3 Å². The van der Waals surface area contributed by atoms with Crippen LogP contribution in [0.3, 0.4) is 0 Å². The molecular weight excluding hydrogens is 410 g/mol. The molecule has 1 aromatic carbocycles. The summed E-state index contributed by atoms with van der Waals surface area (Å²) < 4.78 is 31.4. The minimum absolute atomic E-state index is 0.0626. The number of nitrogens with zero attached hydrogens (tertiary/aromatic N) is 3. The number of aliphatic hydroxyl groups excluding tert-OH is 1. The molecule has 0 bridgehead atoms. The summed E-state index contributed by atoms with van der Waals surface area (Å²) >= 11 is 0. The van der Waals surface area contributed by atoms with Crippen molar-refractivity contribution in [3.8, 4) is 0 Å². The van der Waals surface area contributed by atoms with Crippen LogP contribution in [-0.4, -0.2) is 52.3 Å². The Labute approximate surface area is 176 Å². The van der Waals surface area contributed by atoms with Crippen molar-refractivity contribution in [1.29, 1.82) is 0 Å². The van der Waals surface area contributed by atoms with Crippen molar-refractivity contribution >= 4 is 23.2 Å². The first-order chi connectivity index (χ1) is 14.9. The zero-order valence-electron chi connectivity index (χ0n) is 16.3. The van der Waals surface area contributed by atoms with E-state index in [2.05, 4.69) is 4.98 Å². The maximum absolute atomic E-state index is 13.3. The second-order valence-electron chi connectivity index (χ2n) is 7.23. The third-order valence-electron chi connectivity index (χ3n) is 5.25. The van der Waals surface area contributed by atoms with Gasteiger partial charge in [-0.25, -0.2) is 13.8 Å². The number of carbonyl (C=O) groups is 2. The van der Waals surface area contributed by atoms with Crippen LogP contribution in [0.1, 0.15) is 17.6 Å². The molecule has 0 radical (unpaired) electrons. The van der Waals surface area contributed by atoms with Gasteiger partial charge in [-0.2, -0.15) is 0 Å². The van der Waals surface area contributed by atoms with Gasteiger partial charge in [-0.3, -0.25) is 19.6 Å². The van der Waals surface area contributed by atoms with E-state index in [9.17, 15) is 23.5 Å². The molecule has 31 heavy (non-hydrogen) atoms. The molecule has 162 valence electrons. The second kappa shape index (κ2) is 8.40. The minimum atomic E-state index is -2.64. The number of ether oxygens (including phenoxy) is 1. The van der Waals surface area contributed by atoms with Crippen molar-refractivity contribution in [2.75, 3.05) is 18.2 Å². The Hall–Kier alpha value is -3.37. The van der Waals surface area contributed by atoms with Crippen LogP contribution < -0.4 is 10.7 Å². The lowest BCUT2D eigenvalue weighted by molar-refractivity contribution is -0.132. The highest BCUT2D eigenvalue weighted by Gasteiger charge is 2.45. The zero-order chi connectivity index (χ0) is 22.1. The lowest BCUT2D eigenvalue weighted by atomic mass is 9.97. The highest BCUT2D eigenvalue weighted by Crippen LogP contribution is 2.36. The number of hydrazine groups is 1. The largest absolute Gasteiger partial charge is 0.388 e. The summed E-state index contributed by atoms with van der Waals surface area (Å²) in [6, 6.07) is 8.06. The molecule has 3 N–H and O–H groups in total. The van der Waals surface area contributed by atoms with Crippen LogP contribution in [0.2, 0.25) is 0 Å². The second-order valence-corrected chi connectivity index (χ2v) is 7.23. The Kier molecular flexibility index (Phi) is 5.66. The third kappa shape index (κ3) is 3.87. The molecule has 2 aliphatic heterocycles. The van der Waals surface area contributed by atoms with Crippen molar-refractivity contribution in [3.63, 3.8) is 0 Å². The van der Waals surface area contributed by atoms with E-state index in [0.717, 1.165) is 0 Å². The summed E-state index contributed by atoms with van der Waals surface area (Å²) in [4.78, 5) is 29.4. The van der Waals surface area contributed by atoms with Gasteiger partial charge in [-0.15, -0.1) is 0 Å². The number of aromatic nitrogens is 1. The fraction of sp³-hybridized carbons (Fsp3) is 0.286. The van der Waals surface area contributed by atoms with Gasteiger partial charge in [0.2, 0.25) is 5.91 Å². The van der Waals surface area contributed by atoms with E-state index in [4.69, 9.17) is 10.5 Å². The molecule has 0 spiro atoms. The number of hydrogen-bond acceptors (Lipinski definition) is 6. The smallest absolute Gasteiger partial charge is 0.263 e. The Morgan fingerprint density at radius 1 is 1.23 bits per heavy atom. The van der Waals surface area contributed by atoms with E-state index in [-0.39, 0.29) is 18.8 Å². The van der Waals surface area contributed by atoms with Crippen molar-refractivity contribution in [2.45, 2.75) is 18.6 Å². The molecule has 10 heteroatoms. The molecule has 3 atom stereocenters. The first kappa shape index (κ1) is 20.9. The van der Waals surface area contributed by atoms with E-state index < -0.39 is 36.3 Å². The highest BCUT2D eigenvalue weighted by atomic mass is 19.3. The topological polar surface area (TPSA) is 109 Å². The van der Waals surface area contributed by atoms with Crippen molar-refractivity contribution in [3.05, 3.63) is 66.0 Å². The SMILES string of the molecule is NC(=O)C1C=C(c2ccc(C(F)F)cc2)N([C@@H]2COC[C@@H]2O)N(c2cccnc2)C1=O. The number of carbonyl (C=O) groups excluding carboxylic acids is 2. The van der Waals surface area contributed by atoms with Crippen LogP contribution in [0.5, 0.6) is 0 Å². The van der Waals surface area contributed by atoms with Gasteiger partial charge in [0.1, 0.15) is 18.1 Å². The van der Waals surface area contributed by atoms with Gasteiger partial charge in [0.25, 0.3) is 12.3 Å². The molecule has 2 aliphatic rings. The lowest BCUT2D eigenvalue weighted by Crippen LogP contribution is -2.59. The number of alkyl halides is 2. The number of pyridine rings is 1. The van der Waals surface area contributed by atoms with Crippen LogP contribution >= 0.6 is 0 Å². The summed E-state index contributed by atoms with van der Waals surface area (Å²) in [7, 11) is 0.